The summed E-state index contributed by atoms with van der Waals surface area (Å²) in [5.41, 5.74) is 0. The van der Waals surface area contributed by atoms with E-state index in [0.29, 0.717) is 18.8 Å². The van der Waals surface area contributed by atoms with E-state index in [1.807, 2.05) is 12.2 Å². The quantitative estimate of drug-likeness (QED) is 0.769. The highest BCUT2D eigenvalue weighted by atomic mass is 32.2. The summed E-state index contributed by atoms with van der Waals surface area (Å²) in [6, 6.07) is 6.56. The lowest BCUT2D eigenvalue weighted by Crippen LogP contribution is -2.33. The van der Waals surface area contributed by atoms with E-state index in [1.165, 1.54) is 11.4 Å². The van der Waals surface area contributed by atoms with Crippen LogP contribution < -0.4 is 4.74 Å². The predicted molar refractivity (Wildman–Crippen MR) is 65.5 cm³/mol. The smallest absolute Gasteiger partial charge is 0.243 e. The van der Waals surface area contributed by atoms with Crippen molar-refractivity contribution in [3.05, 3.63) is 36.4 Å². The molecular weight excluding hydrogens is 238 g/mol. The summed E-state index contributed by atoms with van der Waals surface area (Å²) < 4.78 is 31.1. The first kappa shape index (κ1) is 12.1. The number of hydrogen-bond donors (Lipinski definition) is 0. The molecule has 92 valence electrons. The van der Waals surface area contributed by atoms with Crippen molar-refractivity contribution in [3.8, 4) is 5.75 Å². The molecular formula is C12H15NO3S. The maximum Gasteiger partial charge on any atom is 0.243 e. The average molecular weight is 253 g/mol. The first-order chi connectivity index (χ1) is 8.14. The van der Waals surface area contributed by atoms with E-state index in [2.05, 4.69) is 0 Å². The first-order valence-corrected chi connectivity index (χ1v) is 6.88. The molecule has 0 bridgehead atoms. The summed E-state index contributed by atoms with van der Waals surface area (Å²) in [4.78, 5) is 0.284. The van der Waals surface area contributed by atoms with E-state index >= 15 is 0 Å². The SMILES string of the molecule is COc1cccc(S(=O)(=O)N2CC=CCC2)c1. The Morgan fingerprint density at radius 1 is 1.29 bits per heavy atom. The van der Waals surface area contributed by atoms with Crippen LogP contribution in [0.4, 0.5) is 0 Å². The molecule has 0 amide bonds. The third-order valence-corrected chi connectivity index (χ3v) is 4.56. The lowest BCUT2D eigenvalue weighted by molar-refractivity contribution is 0.411. The van der Waals surface area contributed by atoms with Gasteiger partial charge < -0.3 is 4.74 Å². The summed E-state index contributed by atoms with van der Waals surface area (Å²) in [7, 11) is -1.87. The normalized spacial score (nSPS) is 17.0. The summed E-state index contributed by atoms with van der Waals surface area (Å²) in [5.74, 6) is 0.554. The topological polar surface area (TPSA) is 46.6 Å². The van der Waals surface area contributed by atoms with Crippen molar-refractivity contribution in [2.45, 2.75) is 11.3 Å². The molecule has 2 rings (SSSR count). The van der Waals surface area contributed by atoms with E-state index in [1.54, 1.807) is 24.3 Å². The minimum atomic E-state index is -3.39. The molecule has 0 saturated carbocycles. The predicted octanol–water partition coefficient (Wildman–Crippen LogP) is 1.65. The van der Waals surface area contributed by atoms with Crippen LogP contribution in [0.15, 0.2) is 41.3 Å². The lowest BCUT2D eigenvalue weighted by Gasteiger charge is -2.22. The van der Waals surface area contributed by atoms with Gasteiger partial charge in [-0.15, -0.1) is 0 Å². The molecule has 0 aliphatic carbocycles. The molecule has 1 aliphatic rings. The van der Waals surface area contributed by atoms with Gasteiger partial charge in [-0.25, -0.2) is 8.42 Å². The molecule has 1 heterocycles. The second-order valence-electron chi connectivity index (χ2n) is 3.80. The van der Waals surface area contributed by atoms with Crippen LogP contribution in [0.2, 0.25) is 0 Å². The van der Waals surface area contributed by atoms with Crippen LogP contribution in [0, 0.1) is 0 Å². The van der Waals surface area contributed by atoms with Crippen LogP contribution in [-0.2, 0) is 10.0 Å². The van der Waals surface area contributed by atoms with Crippen LogP contribution in [0.5, 0.6) is 5.75 Å². The van der Waals surface area contributed by atoms with Crippen LogP contribution in [-0.4, -0.2) is 32.9 Å². The molecule has 1 aromatic carbocycles. The second-order valence-corrected chi connectivity index (χ2v) is 5.74. The Kier molecular flexibility index (Phi) is 3.49. The van der Waals surface area contributed by atoms with Crippen LogP contribution >= 0.6 is 0 Å². The minimum Gasteiger partial charge on any atom is -0.497 e. The van der Waals surface area contributed by atoms with Crippen molar-refractivity contribution in [1.82, 2.24) is 4.31 Å². The Balaban J connectivity index is 2.33. The van der Waals surface area contributed by atoms with Crippen LogP contribution in [0.1, 0.15) is 6.42 Å². The van der Waals surface area contributed by atoms with Gasteiger partial charge >= 0.3 is 0 Å². The highest BCUT2D eigenvalue weighted by Gasteiger charge is 2.24. The third kappa shape index (κ3) is 2.50. The third-order valence-electron chi connectivity index (χ3n) is 2.70. The highest BCUT2D eigenvalue weighted by molar-refractivity contribution is 7.89. The van der Waals surface area contributed by atoms with Gasteiger partial charge in [-0.2, -0.15) is 4.31 Å². The zero-order valence-electron chi connectivity index (χ0n) is 9.67. The Morgan fingerprint density at radius 3 is 2.76 bits per heavy atom. The van der Waals surface area contributed by atoms with E-state index in [-0.39, 0.29) is 4.90 Å². The molecule has 17 heavy (non-hydrogen) atoms. The van der Waals surface area contributed by atoms with Crippen molar-refractivity contribution >= 4 is 10.0 Å². The van der Waals surface area contributed by atoms with E-state index in [9.17, 15) is 8.42 Å². The fourth-order valence-corrected chi connectivity index (χ4v) is 3.19. The van der Waals surface area contributed by atoms with Crippen molar-refractivity contribution < 1.29 is 13.2 Å². The van der Waals surface area contributed by atoms with Crippen molar-refractivity contribution in [2.75, 3.05) is 20.2 Å². The maximum atomic E-state index is 12.3. The van der Waals surface area contributed by atoms with Gasteiger partial charge in [0.2, 0.25) is 10.0 Å². The molecule has 0 unspecified atom stereocenters. The standard InChI is InChI=1S/C12H15NO3S/c1-16-11-6-5-7-12(10-11)17(14,15)13-8-3-2-4-9-13/h2-3,5-7,10H,4,8-9H2,1H3. The summed E-state index contributed by atoms with van der Waals surface area (Å²) in [6.45, 7) is 0.982. The summed E-state index contributed by atoms with van der Waals surface area (Å²) in [6.07, 6.45) is 4.64. The second kappa shape index (κ2) is 4.89. The van der Waals surface area contributed by atoms with Gasteiger partial charge in [0.05, 0.1) is 12.0 Å². The zero-order valence-corrected chi connectivity index (χ0v) is 10.5. The van der Waals surface area contributed by atoms with Gasteiger partial charge in [0.15, 0.2) is 0 Å². The molecule has 0 radical (unpaired) electrons. The number of sulfonamides is 1. The molecule has 0 saturated heterocycles. The van der Waals surface area contributed by atoms with Crippen molar-refractivity contribution in [1.29, 1.82) is 0 Å². The largest absolute Gasteiger partial charge is 0.497 e. The zero-order chi connectivity index (χ0) is 12.3. The number of hydrogen-bond acceptors (Lipinski definition) is 3. The van der Waals surface area contributed by atoms with Crippen molar-refractivity contribution in [3.63, 3.8) is 0 Å². The molecule has 1 aromatic rings. The fourth-order valence-electron chi connectivity index (χ4n) is 1.75. The maximum absolute atomic E-state index is 12.3. The molecule has 0 aromatic heterocycles. The molecule has 0 N–H and O–H groups in total. The highest BCUT2D eigenvalue weighted by Crippen LogP contribution is 2.21. The molecule has 4 nitrogen and oxygen atoms in total. The number of nitrogens with zero attached hydrogens (tertiary/aromatic N) is 1. The molecule has 5 heteroatoms. The van der Waals surface area contributed by atoms with Crippen LogP contribution in [0.3, 0.4) is 0 Å². The van der Waals surface area contributed by atoms with Gasteiger partial charge in [0.1, 0.15) is 5.75 Å². The van der Waals surface area contributed by atoms with Gasteiger partial charge in [0, 0.05) is 19.2 Å². The fraction of sp³-hybridized carbons (Fsp3) is 0.333. The first-order valence-electron chi connectivity index (χ1n) is 5.44. The van der Waals surface area contributed by atoms with Gasteiger partial charge in [-0.3, -0.25) is 0 Å². The number of methoxy groups -OCH3 is 1. The average Bonchev–Trinajstić information content (AvgIpc) is 2.40. The molecule has 0 spiro atoms. The Morgan fingerprint density at radius 2 is 2.12 bits per heavy atom. The Hall–Kier alpha value is -1.33. The molecule has 1 aliphatic heterocycles. The summed E-state index contributed by atoms with van der Waals surface area (Å²) >= 11 is 0. The molecule has 0 fully saturated rings. The van der Waals surface area contributed by atoms with E-state index in [0.717, 1.165) is 6.42 Å². The number of rotatable bonds is 3. The molecule has 0 atom stereocenters. The van der Waals surface area contributed by atoms with Gasteiger partial charge in [-0.05, 0) is 18.6 Å². The van der Waals surface area contributed by atoms with Crippen LogP contribution in [0.25, 0.3) is 0 Å². The number of ether oxygens (including phenoxy) is 1. The monoisotopic (exact) mass is 253 g/mol. The summed E-state index contributed by atoms with van der Waals surface area (Å²) in [5, 5.41) is 0. The minimum absolute atomic E-state index is 0.284. The van der Waals surface area contributed by atoms with Gasteiger partial charge in [-0.1, -0.05) is 18.2 Å². The number of benzene rings is 1. The Labute approximate surface area is 102 Å². The van der Waals surface area contributed by atoms with Crippen molar-refractivity contribution in [2.24, 2.45) is 0 Å². The van der Waals surface area contributed by atoms with E-state index in [4.69, 9.17) is 4.74 Å². The lowest BCUT2D eigenvalue weighted by atomic mass is 10.3. The van der Waals surface area contributed by atoms with Gasteiger partial charge in [0.25, 0.3) is 0 Å². The van der Waals surface area contributed by atoms with E-state index < -0.39 is 10.0 Å². The Bertz CT molecular complexity index is 522.